The van der Waals surface area contributed by atoms with Gasteiger partial charge in [0, 0.05) is 0 Å². The van der Waals surface area contributed by atoms with Crippen molar-refractivity contribution in [3.05, 3.63) is 42.5 Å². The minimum Gasteiger partial charge on any atom is -0.493 e. The van der Waals surface area contributed by atoms with Crippen LogP contribution in [0.3, 0.4) is 0 Å². The fourth-order valence-electron chi connectivity index (χ4n) is 3.56. The maximum absolute atomic E-state index is 5.69. The molecule has 2 rings (SSSR count). The number of unbranched alkanes of at least 4 members (excludes halogenated alkanes) is 2. The lowest BCUT2D eigenvalue weighted by atomic mass is 9.77. The molecule has 0 aromatic heterocycles. The molecule has 0 radical (unpaired) electrons. The van der Waals surface area contributed by atoms with Gasteiger partial charge < -0.3 is 4.74 Å². The zero-order valence-corrected chi connectivity index (χ0v) is 14.2. The second-order valence-corrected chi connectivity index (χ2v) is 6.71. The van der Waals surface area contributed by atoms with Gasteiger partial charge in [-0.3, -0.25) is 0 Å². The molecule has 1 nitrogen and oxygen atoms in total. The molecule has 0 amide bonds. The summed E-state index contributed by atoms with van der Waals surface area (Å²) >= 11 is 0. The summed E-state index contributed by atoms with van der Waals surface area (Å²) in [4.78, 5) is 0. The van der Waals surface area contributed by atoms with Gasteiger partial charge in [0.25, 0.3) is 0 Å². The summed E-state index contributed by atoms with van der Waals surface area (Å²) in [5, 5.41) is 0. The van der Waals surface area contributed by atoms with Crippen molar-refractivity contribution in [3.8, 4) is 5.75 Å². The number of hydrogen-bond acceptors (Lipinski definition) is 1. The fourth-order valence-corrected chi connectivity index (χ4v) is 3.56. The molecule has 122 valence electrons. The Hall–Kier alpha value is -1.24. The normalized spacial score (nSPS) is 21.5. The van der Waals surface area contributed by atoms with Crippen molar-refractivity contribution in [1.29, 1.82) is 0 Å². The second-order valence-electron chi connectivity index (χ2n) is 6.71. The molecule has 1 aromatic carbocycles. The molecule has 0 unspecified atom stereocenters. The van der Waals surface area contributed by atoms with E-state index in [9.17, 15) is 0 Å². The van der Waals surface area contributed by atoms with E-state index in [2.05, 4.69) is 37.8 Å². The molecule has 1 fully saturated rings. The standard InChI is InChI=1S/C21H32O/c1-3-5-7-8-18-9-11-19(12-10-18)20-13-15-21(16-14-20)22-17-6-4-2/h4,13-16,18-19H,2-3,5-12,17H2,1H3. The van der Waals surface area contributed by atoms with Gasteiger partial charge in [-0.05, 0) is 61.6 Å². The smallest absolute Gasteiger partial charge is 0.119 e. The molecule has 0 atom stereocenters. The fraction of sp³-hybridized carbons (Fsp3) is 0.619. The van der Waals surface area contributed by atoms with Gasteiger partial charge in [0.15, 0.2) is 0 Å². The first kappa shape index (κ1) is 17.1. The largest absolute Gasteiger partial charge is 0.493 e. The van der Waals surface area contributed by atoms with Crippen LogP contribution < -0.4 is 4.74 Å². The molecule has 0 N–H and O–H groups in total. The molecule has 22 heavy (non-hydrogen) atoms. The zero-order valence-electron chi connectivity index (χ0n) is 14.2. The molecule has 1 aliphatic carbocycles. The Morgan fingerprint density at radius 2 is 1.82 bits per heavy atom. The quantitative estimate of drug-likeness (QED) is 0.374. The van der Waals surface area contributed by atoms with Gasteiger partial charge in [-0.15, -0.1) is 6.58 Å². The second kappa shape index (κ2) is 9.71. The van der Waals surface area contributed by atoms with E-state index in [1.165, 1.54) is 56.9 Å². The molecular formula is C21H32O. The summed E-state index contributed by atoms with van der Waals surface area (Å²) in [6.45, 7) is 6.74. The van der Waals surface area contributed by atoms with Crippen LogP contribution in [0.5, 0.6) is 5.75 Å². The first-order valence-electron chi connectivity index (χ1n) is 9.17. The topological polar surface area (TPSA) is 9.23 Å². The lowest BCUT2D eigenvalue weighted by molar-refractivity contribution is 0.302. The van der Waals surface area contributed by atoms with Gasteiger partial charge in [-0.1, -0.05) is 50.8 Å². The Kier molecular flexibility index (Phi) is 7.56. The van der Waals surface area contributed by atoms with E-state index in [0.29, 0.717) is 0 Å². The Morgan fingerprint density at radius 1 is 1.09 bits per heavy atom. The molecule has 0 saturated heterocycles. The molecule has 1 aliphatic rings. The SMILES string of the molecule is C=CCCOc1ccc(C2CCC(CCCCC)CC2)cc1. The van der Waals surface area contributed by atoms with Gasteiger partial charge in [0.2, 0.25) is 0 Å². The maximum atomic E-state index is 5.69. The van der Waals surface area contributed by atoms with Crippen molar-refractivity contribution in [1.82, 2.24) is 0 Å². The molecule has 0 bridgehead atoms. The van der Waals surface area contributed by atoms with Crippen molar-refractivity contribution < 1.29 is 4.74 Å². The average Bonchev–Trinajstić information content (AvgIpc) is 2.57. The number of hydrogen-bond donors (Lipinski definition) is 0. The van der Waals surface area contributed by atoms with Crippen LogP contribution in [-0.2, 0) is 0 Å². The molecule has 0 aliphatic heterocycles. The summed E-state index contributed by atoms with van der Waals surface area (Å²) in [6.07, 6.45) is 14.0. The van der Waals surface area contributed by atoms with Crippen LogP contribution in [0.25, 0.3) is 0 Å². The van der Waals surface area contributed by atoms with E-state index in [4.69, 9.17) is 4.74 Å². The summed E-state index contributed by atoms with van der Waals surface area (Å²) in [5.41, 5.74) is 1.50. The van der Waals surface area contributed by atoms with E-state index in [0.717, 1.165) is 30.6 Å². The third kappa shape index (κ3) is 5.51. The van der Waals surface area contributed by atoms with Crippen molar-refractivity contribution in [2.24, 2.45) is 5.92 Å². The first-order valence-corrected chi connectivity index (χ1v) is 9.17. The number of benzene rings is 1. The van der Waals surface area contributed by atoms with Crippen LogP contribution in [0.4, 0.5) is 0 Å². The zero-order chi connectivity index (χ0) is 15.6. The molecule has 1 heteroatoms. The minimum atomic E-state index is 0.728. The summed E-state index contributed by atoms with van der Waals surface area (Å²) in [5.74, 6) is 2.74. The number of rotatable bonds is 9. The highest BCUT2D eigenvalue weighted by Gasteiger charge is 2.21. The highest BCUT2D eigenvalue weighted by Crippen LogP contribution is 2.38. The summed E-state index contributed by atoms with van der Waals surface area (Å²) in [6, 6.07) is 8.80. The van der Waals surface area contributed by atoms with E-state index >= 15 is 0 Å². The van der Waals surface area contributed by atoms with Gasteiger partial charge in [0.1, 0.15) is 5.75 Å². The molecule has 1 aromatic rings. The minimum absolute atomic E-state index is 0.728. The van der Waals surface area contributed by atoms with Crippen LogP contribution >= 0.6 is 0 Å². The predicted molar refractivity (Wildman–Crippen MR) is 95.6 cm³/mol. The van der Waals surface area contributed by atoms with E-state index < -0.39 is 0 Å². The van der Waals surface area contributed by atoms with Gasteiger partial charge in [0.05, 0.1) is 6.61 Å². The Labute approximate surface area is 136 Å². The number of ether oxygens (including phenoxy) is 1. The van der Waals surface area contributed by atoms with Crippen molar-refractivity contribution in [3.63, 3.8) is 0 Å². The molecule has 1 saturated carbocycles. The van der Waals surface area contributed by atoms with E-state index in [1.807, 2.05) is 6.08 Å². The van der Waals surface area contributed by atoms with Gasteiger partial charge in [-0.25, -0.2) is 0 Å². The van der Waals surface area contributed by atoms with Crippen LogP contribution in [-0.4, -0.2) is 6.61 Å². The Bertz CT molecular complexity index is 412. The van der Waals surface area contributed by atoms with Crippen molar-refractivity contribution >= 4 is 0 Å². The van der Waals surface area contributed by atoms with Crippen LogP contribution in [0.2, 0.25) is 0 Å². The Balaban J connectivity index is 1.75. The van der Waals surface area contributed by atoms with Crippen molar-refractivity contribution in [2.45, 2.75) is 70.6 Å². The maximum Gasteiger partial charge on any atom is 0.119 e. The molecule has 0 spiro atoms. The van der Waals surface area contributed by atoms with Gasteiger partial charge in [-0.2, -0.15) is 0 Å². The van der Waals surface area contributed by atoms with Gasteiger partial charge >= 0.3 is 0 Å². The van der Waals surface area contributed by atoms with Crippen LogP contribution in [0.1, 0.15) is 76.2 Å². The van der Waals surface area contributed by atoms with E-state index in [1.54, 1.807) is 0 Å². The molecular weight excluding hydrogens is 268 g/mol. The predicted octanol–water partition coefficient (Wildman–Crippen LogP) is 6.50. The van der Waals surface area contributed by atoms with Crippen molar-refractivity contribution in [2.75, 3.05) is 6.61 Å². The lowest BCUT2D eigenvalue weighted by Gasteiger charge is -2.29. The third-order valence-electron chi connectivity index (χ3n) is 5.00. The third-order valence-corrected chi connectivity index (χ3v) is 5.00. The summed E-state index contributed by atoms with van der Waals surface area (Å²) < 4.78 is 5.69. The van der Waals surface area contributed by atoms with Crippen LogP contribution in [0.15, 0.2) is 36.9 Å². The first-order chi connectivity index (χ1) is 10.8. The summed E-state index contributed by atoms with van der Waals surface area (Å²) in [7, 11) is 0. The highest BCUT2D eigenvalue weighted by molar-refractivity contribution is 5.29. The molecule has 0 heterocycles. The Morgan fingerprint density at radius 3 is 2.45 bits per heavy atom. The lowest BCUT2D eigenvalue weighted by Crippen LogP contribution is -2.13. The monoisotopic (exact) mass is 300 g/mol. The van der Waals surface area contributed by atoms with Crippen LogP contribution in [0, 0.1) is 5.92 Å². The average molecular weight is 300 g/mol. The van der Waals surface area contributed by atoms with E-state index in [-0.39, 0.29) is 0 Å². The highest BCUT2D eigenvalue weighted by atomic mass is 16.5.